The molecule has 1 N–H and O–H groups in total. The van der Waals surface area contributed by atoms with Gasteiger partial charge in [-0.15, -0.1) is 0 Å². The molecule has 0 radical (unpaired) electrons. The number of aliphatic hydroxyl groups excluding tert-OH is 1. The summed E-state index contributed by atoms with van der Waals surface area (Å²) in [6.07, 6.45) is -0.713. The average molecular weight is 275 g/mol. The SMILES string of the molecule is Cc1cc(C#N)c(N2C[C@H](OC(C)C)[C@@H](O)C2)nc1C. The molecular weight excluding hydrogens is 254 g/mol. The monoisotopic (exact) mass is 275 g/mol. The van der Waals surface area contributed by atoms with Crippen LogP contribution in [0.2, 0.25) is 0 Å². The first-order valence-electron chi connectivity index (χ1n) is 6.89. The maximum Gasteiger partial charge on any atom is 0.147 e. The summed E-state index contributed by atoms with van der Waals surface area (Å²) in [5, 5.41) is 19.3. The second-order valence-corrected chi connectivity index (χ2v) is 5.57. The van der Waals surface area contributed by atoms with Crippen LogP contribution in [-0.4, -0.2) is 41.5 Å². The molecule has 1 saturated heterocycles. The molecule has 0 amide bonds. The molecule has 2 heterocycles. The van der Waals surface area contributed by atoms with Gasteiger partial charge >= 0.3 is 0 Å². The van der Waals surface area contributed by atoms with Gasteiger partial charge in [-0.05, 0) is 39.3 Å². The Bertz CT molecular complexity index is 537. The lowest BCUT2D eigenvalue weighted by Gasteiger charge is -2.20. The summed E-state index contributed by atoms with van der Waals surface area (Å²) >= 11 is 0. The normalized spacial score (nSPS) is 22.4. The second kappa shape index (κ2) is 5.78. The number of aryl methyl sites for hydroxylation is 2. The molecule has 0 spiro atoms. The van der Waals surface area contributed by atoms with E-state index < -0.39 is 6.10 Å². The predicted octanol–water partition coefficient (Wildman–Crippen LogP) is 1.54. The average Bonchev–Trinajstić information content (AvgIpc) is 2.73. The van der Waals surface area contributed by atoms with E-state index in [-0.39, 0.29) is 12.2 Å². The highest BCUT2D eigenvalue weighted by Crippen LogP contribution is 2.26. The number of anilines is 1. The highest BCUT2D eigenvalue weighted by Gasteiger charge is 2.34. The smallest absolute Gasteiger partial charge is 0.147 e. The van der Waals surface area contributed by atoms with Crippen molar-refractivity contribution in [2.75, 3.05) is 18.0 Å². The molecule has 0 aromatic carbocycles. The third-order valence-electron chi connectivity index (χ3n) is 3.55. The Morgan fingerprint density at radius 2 is 2.15 bits per heavy atom. The molecule has 2 rings (SSSR count). The number of nitrogens with zero attached hydrogens (tertiary/aromatic N) is 3. The zero-order valence-electron chi connectivity index (χ0n) is 12.4. The third kappa shape index (κ3) is 2.92. The van der Waals surface area contributed by atoms with Crippen LogP contribution in [0.5, 0.6) is 0 Å². The van der Waals surface area contributed by atoms with Crippen LogP contribution in [0.3, 0.4) is 0 Å². The molecule has 1 aromatic heterocycles. The number of aromatic nitrogens is 1. The summed E-state index contributed by atoms with van der Waals surface area (Å²) in [5.41, 5.74) is 2.45. The van der Waals surface area contributed by atoms with Gasteiger partial charge in [0, 0.05) is 18.8 Å². The van der Waals surface area contributed by atoms with E-state index in [2.05, 4.69) is 11.1 Å². The van der Waals surface area contributed by atoms with Gasteiger partial charge in [0.2, 0.25) is 0 Å². The van der Waals surface area contributed by atoms with Gasteiger partial charge in [0.15, 0.2) is 0 Å². The van der Waals surface area contributed by atoms with Gasteiger partial charge in [-0.25, -0.2) is 4.98 Å². The molecule has 1 aliphatic heterocycles. The number of β-amino-alcohol motifs (C(OH)–C–C–N with tert-alkyl or cyclic N) is 1. The lowest BCUT2D eigenvalue weighted by Crippen LogP contribution is -2.29. The molecule has 2 atom stereocenters. The van der Waals surface area contributed by atoms with E-state index in [0.29, 0.717) is 24.5 Å². The maximum atomic E-state index is 10.1. The van der Waals surface area contributed by atoms with Crippen LogP contribution in [0.15, 0.2) is 6.07 Å². The summed E-state index contributed by atoms with van der Waals surface area (Å²) in [6.45, 7) is 8.77. The Morgan fingerprint density at radius 3 is 2.75 bits per heavy atom. The molecule has 0 saturated carbocycles. The topological polar surface area (TPSA) is 69.4 Å². The Morgan fingerprint density at radius 1 is 1.45 bits per heavy atom. The molecule has 1 fully saturated rings. The standard InChI is InChI=1S/C15H21N3O2/c1-9(2)20-14-8-18(7-13(14)19)15-12(6-16)5-10(3)11(4)17-15/h5,9,13-14,19H,7-8H2,1-4H3/t13-,14-/m0/s1. The van der Waals surface area contributed by atoms with Gasteiger partial charge in [0.25, 0.3) is 0 Å². The van der Waals surface area contributed by atoms with Gasteiger partial charge in [0.05, 0.1) is 17.8 Å². The third-order valence-corrected chi connectivity index (χ3v) is 3.55. The van der Waals surface area contributed by atoms with Crippen LogP contribution in [0.4, 0.5) is 5.82 Å². The van der Waals surface area contributed by atoms with Crippen molar-refractivity contribution in [2.45, 2.75) is 46.0 Å². The van der Waals surface area contributed by atoms with Gasteiger partial charge < -0.3 is 14.7 Å². The van der Waals surface area contributed by atoms with Gasteiger partial charge in [-0.2, -0.15) is 5.26 Å². The summed E-state index contributed by atoms with van der Waals surface area (Å²) in [7, 11) is 0. The van der Waals surface area contributed by atoms with E-state index in [4.69, 9.17) is 4.74 Å². The van der Waals surface area contributed by atoms with E-state index >= 15 is 0 Å². The lowest BCUT2D eigenvalue weighted by atomic mass is 10.1. The van der Waals surface area contributed by atoms with Crippen molar-refractivity contribution < 1.29 is 9.84 Å². The summed E-state index contributed by atoms with van der Waals surface area (Å²) in [4.78, 5) is 6.44. The number of hydrogen-bond acceptors (Lipinski definition) is 5. The molecular formula is C15H21N3O2. The number of hydrogen-bond donors (Lipinski definition) is 1. The molecule has 1 aromatic rings. The highest BCUT2D eigenvalue weighted by molar-refractivity contribution is 5.56. The lowest BCUT2D eigenvalue weighted by molar-refractivity contribution is -0.0386. The highest BCUT2D eigenvalue weighted by atomic mass is 16.5. The fourth-order valence-corrected chi connectivity index (χ4v) is 2.43. The zero-order valence-corrected chi connectivity index (χ0v) is 12.4. The second-order valence-electron chi connectivity index (χ2n) is 5.57. The van der Waals surface area contributed by atoms with Crippen LogP contribution >= 0.6 is 0 Å². The Kier molecular flexibility index (Phi) is 4.26. The zero-order chi connectivity index (χ0) is 14.9. The number of nitriles is 1. The molecule has 20 heavy (non-hydrogen) atoms. The molecule has 108 valence electrons. The van der Waals surface area contributed by atoms with Crippen LogP contribution in [-0.2, 0) is 4.74 Å². The van der Waals surface area contributed by atoms with E-state index in [1.54, 1.807) is 0 Å². The first-order chi connectivity index (χ1) is 9.42. The predicted molar refractivity (Wildman–Crippen MR) is 76.7 cm³/mol. The minimum absolute atomic E-state index is 0.0674. The number of ether oxygens (including phenoxy) is 1. The molecule has 0 aliphatic carbocycles. The summed E-state index contributed by atoms with van der Waals surface area (Å²) in [6, 6.07) is 4.03. The van der Waals surface area contributed by atoms with Crippen molar-refractivity contribution in [3.63, 3.8) is 0 Å². The van der Waals surface area contributed by atoms with Crippen LogP contribution in [0, 0.1) is 25.2 Å². The summed E-state index contributed by atoms with van der Waals surface area (Å²) < 4.78 is 5.70. The number of pyridine rings is 1. The van der Waals surface area contributed by atoms with Gasteiger partial charge in [-0.3, -0.25) is 0 Å². The molecule has 5 heteroatoms. The van der Waals surface area contributed by atoms with E-state index in [1.165, 1.54) is 0 Å². The number of rotatable bonds is 3. The van der Waals surface area contributed by atoms with Crippen molar-refractivity contribution in [1.29, 1.82) is 5.26 Å². The van der Waals surface area contributed by atoms with Crippen molar-refractivity contribution in [2.24, 2.45) is 0 Å². The molecule has 0 unspecified atom stereocenters. The largest absolute Gasteiger partial charge is 0.388 e. The number of aliphatic hydroxyl groups is 1. The van der Waals surface area contributed by atoms with Gasteiger partial charge in [-0.1, -0.05) is 0 Å². The van der Waals surface area contributed by atoms with E-state index in [9.17, 15) is 10.4 Å². The van der Waals surface area contributed by atoms with Crippen molar-refractivity contribution in [3.05, 3.63) is 22.9 Å². The fourth-order valence-electron chi connectivity index (χ4n) is 2.43. The van der Waals surface area contributed by atoms with Crippen LogP contribution in [0.25, 0.3) is 0 Å². The fraction of sp³-hybridized carbons (Fsp3) is 0.600. The quantitative estimate of drug-likeness (QED) is 0.906. The minimum Gasteiger partial charge on any atom is -0.388 e. The van der Waals surface area contributed by atoms with Crippen molar-refractivity contribution >= 4 is 5.82 Å². The Labute approximate surface area is 119 Å². The van der Waals surface area contributed by atoms with Gasteiger partial charge in [0.1, 0.15) is 18.0 Å². The first-order valence-corrected chi connectivity index (χ1v) is 6.89. The molecule has 5 nitrogen and oxygen atoms in total. The van der Waals surface area contributed by atoms with Crippen molar-refractivity contribution in [3.8, 4) is 6.07 Å². The Balaban J connectivity index is 2.25. The molecule has 1 aliphatic rings. The summed E-state index contributed by atoms with van der Waals surface area (Å²) in [5.74, 6) is 0.643. The Hall–Kier alpha value is -1.64. The van der Waals surface area contributed by atoms with E-state index in [0.717, 1.165) is 11.3 Å². The first kappa shape index (κ1) is 14.8. The van der Waals surface area contributed by atoms with Crippen LogP contribution < -0.4 is 4.90 Å². The van der Waals surface area contributed by atoms with Crippen LogP contribution in [0.1, 0.15) is 30.7 Å². The van der Waals surface area contributed by atoms with E-state index in [1.807, 2.05) is 38.7 Å². The molecule has 0 bridgehead atoms. The minimum atomic E-state index is -0.549. The van der Waals surface area contributed by atoms with Crippen molar-refractivity contribution in [1.82, 2.24) is 4.98 Å². The maximum absolute atomic E-state index is 10.1.